The van der Waals surface area contributed by atoms with E-state index in [0.29, 0.717) is 11.1 Å². The lowest BCUT2D eigenvalue weighted by Crippen LogP contribution is -2.31. The van der Waals surface area contributed by atoms with E-state index in [1.165, 1.54) is 38.1 Å². The van der Waals surface area contributed by atoms with Gasteiger partial charge in [0.05, 0.1) is 12.1 Å². The van der Waals surface area contributed by atoms with E-state index in [2.05, 4.69) is 0 Å². The molecule has 0 saturated heterocycles. The van der Waals surface area contributed by atoms with Gasteiger partial charge in [-0.05, 0) is 25.0 Å². The fourth-order valence-electron chi connectivity index (χ4n) is 4.35. The molecule has 0 aliphatic heterocycles. The van der Waals surface area contributed by atoms with E-state index in [1.54, 1.807) is 36.4 Å². The largest absolute Gasteiger partial charge is 0.480 e. The number of halogens is 8. The van der Waals surface area contributed by atoms with E-state index >= 15 is 17.6 Å². The molecular formula is C30H24F8N2O2. The maximum absolute atomic E-state index is 15.1. The predicted molar refractivity (Wildman–Crippen MR) is 137 cm³/mol. The van der Waals surface area contributed by atoms with Crippen molar-refractivity contribution < 1.29 is 44.6 Å². The van der Waals surface area contributed by atoms with Crippen LogP contribution in [0.3, 0.4) is 0 Å². The summed E-state index contributed by atoms with van der Waals surface area (Å²) in [5, 5.41) is 0. The molecule has 0 aliphatic rings. The highest BCUT2D eigenvalue weighted by molar-refractivity contribution is 5.41. The first kappa shape index (κ1) is 30.8. The van der Waals surface area contributed by atoms with Gasteiger partial charge in [-0.3, -0.25) is 0 Å². The maximum Gasteiger partial charge on any atom is 0.204 e. The second kappa shape index (κ2) is 12.4. The van der Waals surface area contributed by atoms with Crippen molar-refractivity contribution in [3.8, 4) is 11.5 Å². The van der Waals surface area contributed by atoms with Crippen LogP contribution in [0.2, 0.25) is 0 Å². The molecule has 0 spiro atoms. The molecule has 0 aliphatic carbocycles. The van der Waals surface area contributed by atoms with Gasteiger partial charge >= 0.3 is 0 Å². The van der Waals surface area contributed by atoms with Gasteiger partial charge in [0.15, 0.2) is 34.8 Å². The fraction of sp³-hybridized carbons (Fsp3) is 0.200. The zero-order valence-electron chi connectivity index (χ0n) is 22.1. The Hall–Kier alpha value is -4.16. The monoisotopic (exact) mass is 596 g/mol. The van der Waals surface area contributed by atoms with Crippen LogP contribution in [0.1, 0.15) is 60.4 Å². The number of nitrogens with two attached hydrogens (primary N) is 2. The van der Waals surface area contributed by atoms with Crippen molar-refractivity contribution in [3.05, 3.63) is 129 Å². The van der Waals surface area contributed by atoms with E-state index in [-0.39, 0.29) is 0 Å². The molecule has 0 bridgehead atoms. The summed E-state index contributed by atoms with van der Waals surface area (Å²) >= 11 is 0. The molecule has 222 valence electrons. The third kappa shape index (κ3) is 5.64. The second-order valence-corrected chi connectivity index (χ2v) is 9.39. The molecule has 0 radical (unpaired) electrons. The lowest BCUT2D eigenvalue weighted by molar-refractivity contribution is 0.196. The molecule has 4 atom stereocenters. The summed E-state index contributed by atoms with van der Waals surface area (Å²) in [5.74, 6) is -19.2. The van der Waals surface area contributed by atoms with E-state index in [9.17, 15) is 17.6 Å². The van der Waals surface area contributed by atoms with Crippen LogP contribution in [0, 0.1) is 46.5 Å². The molecule has 4 aromatic carbocycles. The molecule has 0 saturated carbocycles. The van der Waals surface area contributed by atoms with Gasteiger partial charge in [0.2, 0.25) is 23.3 Å². The van der Waals surface area contributed by atoms with Crippen molar-refractivity contribution in [2.24, 2.45) is 11.5 Å². The van der Waals surface area contributed by atoms with Crippen molar-refractivity contribution >= 4 is 0 Å². The Kier molecular flexibility index (Phi) is 9.07. The van der Waals surface area contributed by atoms with Gasteiger partial charge < -0.3 is 20.9 Å². The highest BCUT2D eigenvalue weighted by atomic mass is 19.2. The molecule has 0 amide bonds. The first-order valence-electron chi connectivity index (χ1n) is 12.5. The van der Waals surface area contributed by atoms with Gasteiger partial charge in [0.1, 0.15) is 12.2 Å². The van der Waals surface area contributed by atoms with E-state index in [1.807, 2.05) is 0 Å². The Morgan fingerprint density at radius 3 is 0.976 bits per heavy atom. The lowest BCUT2D eigenvalue weighted by atomic mass is 9.92. The Bertz CT molecular complexity index is 1410. The molecule has 12 heteroatoms. The van der Waals surface area contributed by atoms with E-state index in [4.69, 9.17) is 20.9 Å². The Labute approximate surface area is 235 Å². The lowest BCUT2D eigenvalue weighted by Gasteiger charge is -2.25. The highest BCUT2D eigenvalue weighted by Crippen LogP contribution is 2.41. The zero-order chi connectivity index (χ0) is 30.9. The molecule has 0 heterocycles. The molecule has 0 fully saturated rings. The zero-order valence-corrected chi connectivity index (χ0v) is 22.1. The minimum Gasteiger partial charge on any atom is -0.480 e. The molecule has 42 heavy (non-hydrogen) atoms. The summed E-state index contributed by atoms with van der Waals surface area (Å²) in [6, 6.07) is 11.0. The molecule has 0 unspecified atom stereocenters. The number of hydrogen-bond acceptors (Lipinski definition) is 4. The molecule has 4 nitrogen and oxygen atoms in total. The first-order chi connectivity index (χ1) is 19.9. The van der Waals surface area contributed by atoms with Gasteiger partial charge in [-0.15, -0.1) is 0 Å². The van der Waals surface area contributed by atoms with Crippen LogP contribution in [0.15, 0.2) is 60.7 Å². The van der Waals surface area contributed by atoms with Crippen LogP contribution < -0.4 is 20.9 Å². The maximum atomic E-state index is 15.1. The SMILES string of the molecule is C[C@H](Oc1c(F)c(F)c([C@H](N)[C@@H](N)c2c(F)c(F)c(O[C@@H](C)c3ccccc3)c(F)c2F)c(F)c1F)c1ccccc1. The first-order valence-corrected chi connectivity index (χ1v) is 12.5. The predicted octanol–water partition coefficient (Wildman–Crippen LogP) is 7.78. The Balaban J connectivity index is 1.69. The molecule has 4 N–H and O–H groups in total. The van der Waals surface area contributed by atoms with E-state index < -0.39 is 93.5 Å². The molecular weight excluding hydrogens is 572 g/mol. The normalized spacial score (nSPS) is 14.3. The van der Waals surface area contributed by atoms with Gasteiger partial charge in [-0.2, -0.15) is 17.6 Å². The van der Waals surface area contributed by atoms with Crippen LogP contribution in [-0.4, -0.2) is 0 Å². The second-order valence-electron chi connectivity index (χ2n) is 9.39. The minimum atomic E-state index is -2.42. The minimum absolute atomic E-state index is 0.417. The van der Waals surface area contributed by atoms with Crippen LogP contribution in [-0.2, 0) is 0 Å². The van der Waals surface area contributed by atoms with Crippen molar-refractivity contribution in [2.45, 2.75) is 38.1 Å². The summed E-state index contributed by atoms with van der Waals surface area (Å²) in [6.07, 6.45) is -2.12. The van der Waals surface area contributed by atoms with Gasteiger partial charge in [0, 0.05) is 11.1 Å². The Morgan fingerprint density at radius 1 is 0.452 bits per heavy atom. The highest BCUT2D eigenvalue weighted by Gasteiger charge is 2.37. The van der Waals surface area contributed by atoms with Crippen LogP contribution in [0.25, 0.3) is 0 Å². The Morgan fingerprint density at radius 2 is 0.714 bits per heavy atom. The van der Waals surface area contributed by atoms with Crippen molar-refractivity contribution in [1.82, 2.24) is 0 Å². The van der Waals surface area contributed by atoms with E-state index in [0.717, 1.165) is 0 Å². The van der Waals surface area contributed by atoms with Crippen molar-refractivity contribution in [1.29, 1.82) is 0 Å². The van der Waals surface area contributed by atoms with Crippen LogP contribution in [0.5, 0.6) is 11.5 Å². The summed E-state index contributed by atoms with van der Waals surface area (Å²) in [7, 11) is 0. The standard InChI is InChI=1S/C30H24F8N2O2/c1-13(15-9-5-3-6-10-15)41-29-23(35)19(31)17(20(32)24(29)36)27(39)28(40)18-21(33)25(37)30(26(38)22(18)34)42-14(2)16-11-7-4-8-12-16/h3-14,27-28H,39-40H2,1-2H3/t13-,14-,27-,28-/m0/s1. The summed E-state index contributed by atoms with van der Waals surface area (Å²) in [4.78, 5) is 0. The third-order valence-electron chi connectivity index (χ3n) is 6.69. The number of benzene rings is 4. The summed E-state index contributed by atoms with van der Waals surface area (Å²) in [5.41, 5.74) is 9.11. The van der Waals surface area contributed by atoms with Crippen LogP contribution >= 0.6 is 0 Å². The van der Waals surface area contributed by atoms with Crippen molar-refractivity contribution in [3.63, 3.8) is 0 Å². The smallest absolute Gasteiger partial charge is 0.204 e. The number of hydrogen-bond donors (Lipinski definition) is 2. The van der Waals surface area contributed by atoms with Gasteiger partial charge in [0.25, 0.3) is 0 Å². The topological polar surface area (TPSA) is 70.5 Å². The average Bonchev–Trinajstić information content (AvgIpc) is 3.00. The van der Waals surface area contributed by atoms with Crippen molar-refractivity contribution in [2.75, 3.05) is 0 Å². The van der Waals surface area contributed by atoms with Gasteiger partial charge in [-0.25, -0.2) is 17.6 Å². The third-order valence-corrected chi connectivity index (χ3v) is 6.69. The molecule has 4 rings (SSSR count). The number of rotatable bonds is 9. The average molecular weight is 597 g/mol. The summed E-state index contributed by atoms with van der Waals surface area (Å²) < 4.78 is 130. The number of ether oxygens (including phenoxy) is 2. The quantitative estimate of drug-likeness (QED) is 0.153. The van der Waals surface area contributed by atoms with Gasteiger partial charge in [-0.1, -0.05) is 60.7 Å². The molecule has 4 aromatic rings. The molecule has 0 aromatic heterocycles. The summed E-state index contributed by atoms with van der Waals surface area (Å²) in [6.45, 7) is 2.73. The van der Waals surface area contributed by atoms with Crippen LogP contribution in [0.4, 0.5) is 35.1 Å². The fourth-order valence-corrected chi connectivity index (χ4v) is 4.35.